The van der Waals surface area contributed by atoms with Crippen molar-refractivity contribution >= 4 is 20.4 Å². The lowest BCUT2D eigenvalue weighted by molar-refractivity contribution is 0.582. The molecular weight excluding hydrogens is 254 g/mol. The molecule has 100 valence electrons. The molecule has 0 spiro atoms. The minimum Gasteiger partial charge on any atom is -0.546 e. The van der Waals surface area contributed by atoms with Crippen LogP contribution in [0.15, 0.2) is 41.5 Å². The molecule has 0 aliphatic carbocycles. The fourth-order valence-corrected chi connectivity index (χ4v) is 2.58. The second-order valence-electron chi connectivity index (χ2n) is 4.67. The first-order valence-corrected chi connectivity index (χ1v) is 9.15. The number of hydrogen-bond donors (Lipinski definition) is 0. The van der Waals surface area contributed by atoms with Crippen LogP contribution in [0.5, 0.6) is 5.75 Å². The van der Waals surface area contributed by atoms with E-state index >= 15 is 0 Å². The summed E-state index contributed by atoms with van der Waals surface area (Å²) in [5, 5.41) is 4.16. The minimum atomic E-state index is -1.13. The van der Waals surface area contributed by atoms with E-state index in [4.69, 9.17) is 4.43 Å². The zero-order valence-electron chi connectivity index (χ0n) is 11.8. The van der Waals surface area contributed by atoms with Gasteiger partial charge in [-0.2, -0.15) is 5.10 Å². The summed E-state index contributed by atoms with van der Waals surface area (Å²) in [6, 6.07) is 9.86. The predicted octanol–water partition coefficient (Wildman–Crippen LogP) is 2.92. The summed E-state index contributed by atoms with van der Waals surface area (Å²) in [6.45, 7) is 6.28. The third-order valence-electron chi connectivity index (χ3n) is 2.71. The summed E-state index contributed by atoms with van der Waals surface area (Å²) in [5.74, 6) is 0.866. The molecule has 0 amide bonds. The van der Waals surface area contributed by atoms with Crippen molar-refractivity contribution < 1.29 is 4.43 Å². The molecule has 1 aromatic carbocycles. The highest BCUT2D eigenvalue weighted by atomic mass is 28.3. The van der Waals surface area contributed by atoms with Gasteiger partial charge in [0.2, 0.25) is 9.04 Å². The smallest absolute Gasteiger partial charge is 0.229 e. The van der Waals surface area contributed by atoms with Crippen LogP contribution in [0.2, 0.25) is 13.1 Å². The Morgan fingerprint density at radius 2 is 2.00 bits per heavy atom. The topological polar surface area (TPSA) is 39.4 Å². The second kappa shape index (κ2) is 5.84. The molecule has 4 nitrogen and oxygen atoms in total. The van der Waals surface area contributed by atoms with Gasteiger partial charge < -0.3 is 4.43 Å². The Bertz CT molecular complexity index is 590. The van der Waals surface area contributed by atoms with Crippen molar-refractivity contribution in [2.24, 2.45) is 12.0 Å². The Labute approximate surface area is 115 Å². The van der Waals surface area contributed by atoms with Crippen molar-refractivity contribution in [1.82, 2.24) is 9.78 Å². The number of para-hydroxylation sites is 2. The molecule has 1 heterocycles. The molecule has 1 aromatic heterocycles. The summed E-state index contributed by atoms with van der Waals surface area (Å²) in [4.78, 5) is 4.67. The number of aliphatic imine (C=N–C) groups is 1. The fourth-order valence-electron chi connectivity index (χ4n) is 1.87. The van der Waals surface area contributed by atoms with Gasteiger partial charge in [-0.15, -0.1) is 0 Å². The van der Waals surface area contributed by atoms with Crippen LogP contribution in [0.3, 0.4) is 0 Å². The fraction of sp³-hybridized carbons (Fsp3) is 0.286. The summed E-state index contributed by atoms with van der Waals surface area (Å²) in [5.41, 5.74) is 2.82. The molecule has 5 heteroatoms. The number of hydrogen-bond acceptors (Lipinski definition) is 3. The van der Waals surface area contributed by atoms with Crippen LogP contribution in [0, 0.1) is 0 Å². The minimum absolute atomic E-state index is 0.866. The number of rotatable bonds is 4. The maximum atomic E-state index is 5.90. The summed E-state index contributed by atoms with van der Waals surface area (Å²) in [6.07, 6.45) is 1.78. The molecule has 0 fully saturated rings. The number of nitrogens with zero attached hydrogens (tertiary/aromatic N) is 3. The van der Waals surface area contributed by atoms with Crippen LogP contribution in [-0.4, -0.2) is 24.5 Å². The van der Waals surface area contributed by atoms with Gasteiger partial charge in [-0.3, -0.25) is 4.68 Å². The Morgan fingerprint density at radius 1 is 1.26 bits per heavy atom. The summed E-state index contributed by atoms with van der Waals surface area (Å²) >= 11 is 0. The Balaban J connectivity index is 2.35. The first-order valence-electron chi connectivity index (χ1n) is 6.37. The van der Waals surface area contributed by atoms with Crippen LogP contribution >= 0.6 is 0 Å². The van der Waals surface area contributed by atoms with Gasteiger partial charge in [0, 0.05) is 13.2 Å². The van der Waals surface area contributed by atoms with E-state index in [1.54, 1.807) is 6.20 Å². The average molecular weight is 273 g/mol. The van der Waals surface area contributed by atoms with E-state index in [0.717, 1.165) is 22.8 Å². The second-order valence-corrected chi connectivity index (χ2v) is 7.00. The standard InChI is InChI=1S/C14H19N3OSi/c1-11(13-9-10-15-17(13)2)16-12-7-5-6-8-14(12)18-19(3)4/h5-10,19H,1-4H3. The van der Waals surface area contributed by atoms with Gasteiger partial charge in [0.15, 0.2) is 0 Å². The van der Waals surface area contributed by atoms with E-state index in [1.165, 1.54) is 0 Å². The van der Waals surface area contributed by atoms with Gasteiger partial charge in [-0.25, -0.2) is 4.99 Å². The van der Waals surface area contributed by atoms with Gasteiger partial charge in [0.1, 0.15) is 11.4 Å². The number of benzene rings is 1. The predicted molar refractivity (Wildman–Crippen MR) is 81.0 cm³/mol. The first-order chi connectivity index (χ1) is 9.08. The maximum absolute atomic E-state index is 5.90. The molecule has 0 aliphatic heterocycles. The van der Waals surface area contributed by atoms with E-state index in [0.29, 0.717) is 0 Å². The maximum Gasteiger partial charge on any atom is 0.229 e. The lowest BCUT2D eigenvalue weighted by Gasteiger charge is -2.12. The van der Waals surface area contributed by atoms with Crippen molar-refractivity contribution in [3.05, 3.63) is 42.2 Å². The van der Waals surface area contributed by atoms with Gasteiger partial charge >= 0.3 is 0 Å². The van der Waals surface area contributed by atoms with Crippen molar-refractivity contribution in [3.63, 3.8) is 0 Å². The van der Waals surface area contributed by atoms with Crippen LogP contribution in [0.1, 0.15) is 12.6 Å². The van der Waals surface area contributed by atoms with E-state index in [9.17, 15) is 0 Å². The van der Waals surface area contributed by atoms with Crippen molar-refractivity contribution in [3.8, 4) is 5.75 Å². The van der Waals surface area contributed by atoms with Crippen LogP contribution in [0.4, 0.5) is 5.69 Å². The van der Waals surface area contributed by atoms with Gasteiger partial charge in [-0.1, -0.05) is 12.1 Å². The zero-order chi connectivity index (χ0) is 13.8. The van der Waals surface area contributed by atoms with Crippen LogP contribution in [0.25, 0.3) is 0 Å². The highest BCUT2D eigenvalue weighted by Gasteiger charge is 2.07. The molecule has 0 saturated carbocycles. The quantitative estimate of drug-likeness (QED) is 0.634. The van der Waals surface area contributed by atoms with Gasteiger partial charge in [0.25, 0.3) is 0 Å². The lowest BCUT2D eigenvalue weighted by Crippen LogP contribution is -2.11. The summed E-state index contributed by atoms with van der Waals surface area (Å²) < 4.78 is 7.72. The molecule has 19 heavy (non-hydrogen) atoms. The third kappa shape index (κ3) is 3.32. The average Bonchev–Trinajstić information content (AvgIpc) is 2.77. The molecule has 0 bridgehead atoms. The molecule has 0 aliphatic rings. The SMILES string of the molecule is CC(=Nc1ccccc1O[SiH](C)C)c1ccnn1C. The van der Waals surface area contributed by atoms with Gasteiger partial charge in [0.05, 0.1) is 11.4 Å². The van der Waals surface area contributed by atoms with Gasteiger partial charge in [-0.05, 0) is 38.2 Å². The van der Waals surface area contributed by atoms with E-state index in [1.807, 2.05) is 49.0 Å². The molecule has 0 N–H and O–H groups in total. The molecule has 0 saturated heterocycles. The third-order valence-corrected chi connectivity index (χ3v) is 3.43. The van der Waals surface area contributed by atoms with Crippen molar-refractivity contribution in [2.75, 3.05) is 0 Å². The van der Waals surface area contributed by atoms with E-state index in [2.05, 4.69) is 23.2 Å². The molecule has 0 atom stereocenters. The monoisotopic (exact) mass is 273 g/mol. The largest absolute Gasteiger partial charge is 0.546 e. The lowest BCUT2D eigenvalue weighted by atomic mass is 10.2. The van der Waals surface area contributed by atoms with E-state index < -0.39 is 9.04 Å². The zero-order valence-corrected chi connectivity index (χ0v) is 12.9. The molecule has 2 aromatic rings. The first kappa shape index (κ1) is 13.5. The Morgan fingerprint density at radius 3 is 2.63 bits per heavy atom. The molecule has 0 unspecified atom stereocenters. The Kier molecular flexibility index (Phi) is 4.16. The van der Waals surface area contributed by atoms with Crippen LogP contribution in [-0.2, 0) is 7.05 Å². The van der Waals surface area contributed by atoms with E-state index in [-0.39, 0.29) is 0 Å². The van der Waals surface area contributed by atoms with Crippen LogP contribution < -0.4 is 4.43 Å². The highest BCUT2D eigenvalue weighted by Crippen LogP contribution is 2.28. The van der Waals surface area contributed by atoms with Crippen molar-refractivity contribution in [1.29, 1.82) is 0 Å². The molecule has 0 radical (unpaired) electrons. The number of aryl methyl sites for hydroxylation is 1. The molecule has 2 rings (SSSR count). The number of aromatic nitrogens is 2. The summed E-state index contributed by atoms with van der Waals surface area (Å²) in [7, 11) is 0.786. The Hall–Kier alpha value is -1.88. The highest BCUT2D eigenvalue weighted by molar-refractivity contribution is 6.49. The normalized spacial score (nSPS) is 11.9. The van der Waals surface area contributed by atoms with Crippen molar-refractivity contribution in [2.45, 2.75) is 20.0 Å². The molecular formula is C14H19N3OSi.